The van der Waals surface area contributed by atoms with Crippen LogP contribution in [0, 0.1) is 0 Å². The Morgan fingerprint density at radius 1 is 1.29 bits per heavy atom. The van der Waals surface area contributed by atoms with Crippen LogP contribution in [0.2, 0.25) is 0 Å². The first-order valence-corrected chi connectivity index (χ1v) is 5.46. The molecule has 4 nitrogen and oxygen atoms in total. The first kappa shape index (κ1) is 16.2. The number of hydrogen-bond acceptors (Lipinski definition) is 3. The maximum atomic E-state index is 11.7. The van der Waals surface area contributed by atoms with E-state index in [1.165, 1.54) is 0 Å². The molecule has 7 heteroatoms. The Balaban J connectivity index is 3.27. The zero-order valence-electron chi connectivity index (χ0n) is 10.1. The van der Waals surface area contributed by atoms with Gasteiger partial charge in [-0.15, -0.1) is 0 Å². The average molecular weight is 256 g/mol. The van der Waals surface area contributed by atoms with Crippen LogP contribution in [0.15, 0.2) is 0 Å². The highest BCUT2D eigenvalue weighted by molar-refractivity contribution is 5.76. The van der Waals surface area contributed by atoms with Crippen molar-refractivity contribution in [2.24, 2.45) is 0 Å². The molecule has 17 heavy (non-hydrogen) atoms. The van der Waals surface area contributed by atoms with Gasteiger partial charge in [-0.2, -0.15) is 13.2 Å². The Hall–Kier alpha value is -0.820. The Morgan fingerprint density at radius 2 is 1.94 bits per heavy atom. The molecule has 0 saturated carbocycles. The third-order valence-corrected chi connectivity index (χ3v) is 1.67. The molecule has 0 aliphatic heterocycles. The molecule has 0 fully saturated rings. The van der Waals surface area contributed by atoms with Gasteiger partial charge in [0, 0.05) is 25.6 Å². The van der Waals surface area contributed by atoms with E-state index in [0.29, 0.717) is 19.5 Å². The van der Waals surface area contributed by atoms with Gasteiger partial charge in [-0.1, -0.05) is 0 Å². The maximum absolute atomic E-state index is 11.7. The van der Waals surface area contributed by atoms with Crippen molar-refractivity contribution in [3.8, 4) is 0 Å². The van der Waals surface area contributed by atoms with Crippen molar-refractivity contribution in [2.75, 3.05) is 26.3 Å². The van der Waals surface area contributed by atoms with Gasteiger partial charge in [0.1, 0.15) is 6.61 Å². The molecule has 0 bridgehead atoms. The Morgan fingerprint density at radius 3 is 2.47 bits per heavy atom. The highest BCUT2D eigenvalue weighted by Gasteiger charge is 2.27. The molecule has 0 heterocycles. The molecule has 0 spiro atoms. The van der Waals surface area contributed by atoms with Gasteiger partial charge in [-0.3, -0.25) is 4.79 Å². The lowest BCUT2D eigenvalue weighted by atomic mass is 10.3. The van der Waals surface area contributed by atoms with Crippen LogP contribution in [0.25, 0.3) is 0 Å². The fourth-order valence-electron chi connectivity index (χ4n) is 1.05. The molecule has 2 N–H and O–H groups in total. The van der Waals surface area contributed by atoms with Crippen molar-refractivity contribution in [1.82, 2.24) is 10.6 Å². The molecule has 0 aromatic heterocycles. The van der Waals surface area contributed by atoms with Crippen molar-refractivity contribution >= 4 is 5.91 Å². The fraction of sp³-hybridized carbons (Fsp3) is 0.900. The summed E-state index contributed by atoms with van der Waals surface area (Å²) in [7, 11) is 0. The summed E-state index contributed by atoms with van der Waals surface area (Å²) in [5, 5.41) is 5.53. The summed E-state index contributed by atoms with van der Waals surface area (Å²) in [5.74, 6) is -0.0799. The van der Waals surface area contributed by atoms with E-state index in [2.05, 4.69) is 15.4 Å². The first-order chi connectivity index (χ1) is 7.81. The molecule has 0 saturated heterocycles. The van der Waals surface area contributed by atoms with Crippen LogP contribution in [0.5, 0.6) is 0 Å². The Kier molecular flexibility index (Phi) is 7.90. The lowest BCUT2D eigenvalue weighted by Crippen LogP contribution is -2.33. The molecule has 102 valence electrons. The first-order valence-electron chi connectivity index (χ1n) is 5.46. The molecule has 0 unspecified atom stereocenters. The summed E-state index contributed by atoms with van der Waals surface area (Å²) in [6.45, 7) is 3.18. The zero-order valence-corrected chi connectivity index (χ0v) is 10.1. The number of rotatable bonds is 8. The molecule has 0 aliphatic rings. The van der Waals surface area contributed by atoms with Crippen molar-refractivity contribution in [1.29, 1.82) is 0 Å². The van der Waals surface area contributed by atoms with E-state index < -0.39 is 12.8 Å². The highest BCUT2D eigenvalue weighted by atomic mass is 19.4. The molecule has 0 atom stereocenters. The summed E-state index contributed by atoms with van der Waals surface area (Å²) in [6, 6.07) is 0.0950. The van der Waals surface area contributed by atoms with E-state index in [1.807, 2.05) is 13.8 Å². The van der Waals surface area contributed by atoms with Gasteiger partial charge in [0.05, 0.1) is 6.61 Å². The standard InChI is InChI=1S/C10H19F3N2O2/c1-8(2)15-9(16)3-4-14-5-6-17-7-10(11,12)13/h8,14H,3-7H2,1-2H3,(H,15,16). The van der Waals surface area contributed by atoms with Crippen LogP contribution in [0.3, 0.4) is 0 Å². The number of carbonyl (C=O) groups is 1. The molecule has 1 amide bonds. The Bertz CT molecular complexity index is 220. The minimum atomic E-state index is -4.28. The van der Waals surface area contributed by atoms with E-state index in [-0.39, 0.29) is 18.6 Å². The predicted molar refractivity (Wildman–Crippen MR) is 57.6 cm³/mol. The number of carbonyl (C=O) groups excluding carboxylic acids is 1. The van der Waals surface area contributed by atoms with Crippen LogP contribution < -0.4 is 10.6 Å². The number of nitrogens with one attached hydrogen (secondary N) is 2. The number of hydrogen-bond donors (Lipinski definition) is 2. The van der Waals surface area contributed by atoms with Crippen LogP contribution in [0.4, 0.5) is 13.2 Å². The van der Waals surface area contributed by atoms with Crippen LogP contribution in [-0.4, -0.2) is 44.4 Å². The quantitative estimate of drug-likeness (QED) is 0.639. The second-order valence-corrected chi connectivity index (χ2v) is 3.89. The van der Waals surface area contributed by atoms with Crippen LogP contribution in [0.1, 0.15) is 20.3 Å². The lowest BCUT2D eigenvalue weighted by Gasteiger charge is -2.09. The minimum absolute atomic E-state index is 0.0225. The van der Waals surface area contributed by atoms with Gasteiger partial charge < -0.3 is 15.4 Å². The van der Waals surface area contributed by atoms with Gasteiger partial charge in [0.2, 0.25) is 5.91 Å². The predicted octanol–water partition coefficient (Wildman–Crippen LogP) is 1.07. The van der Waals surface area contributed by atoms with E-state index in [9.17, 15) is 18.0 Å². The smallest absolute Gasteiger partial charge is 0.371 e. The Labute approximate surface area is 98.9 Å². The van der Waals surface area contributed by atoms with Crippen molar-refractivity contribution < 1.29 is 22.7 Å². The number of halogens is 3. The molecule has 0 rings (SSSR count). The summed E-state index contributed by atoms with van der Waals surface area (Å²) in [6.07, 6.45) is -3.98. The minimum Gasteiger partial charge on any atom is -0.371 e. The van der Waals surface area contributed by atoms with Crippen LogP contribution in [-0.2, 0) is 9.53 Å². The lowest BCUT2D eigenvalue weighted by molar-refractivity contribution is -0.173. The van der Waals surface area contributed by atoms with E-state index in [0.717, 1.165) is 0 Å². The van der Waals surface area contributed by atoms with Gasteiger partial charge in [0.15, 0.2) is 0 Å². The largest absolute Gasteiger partial charge is 0.411 e. The molecule has 0 radical (unpaired) electrons. The second kappa shape index (κ2) is 8.30. The normalized spacial score (nSPS) is 11.9. The number of amides is 1. The van der Waals surface area contributed by atoms with Crippen molar-refractivity contribution in [3.05, 3.63) is 0 Å². The molecular formula is C10H19F3N2O2. The third-order valence-electron chi connectivity index (χ3n) is 1.67. The van der Waals surface area contributed by atoms with Gasteiger partial charge in [0.25, 0.3) is 0 Å². The monoisotopic (exact) mass is 256 g/mol. The second-order valence-electron chi connectivity index (χ2n) is 3.89. The van der Waals surface area contributed by atoms with Crippen molar-refractivity contribution in [3.63, 3.8) is 0 Å². The maximum Gasteiger partial charge on any atom is 0.411 e. The number of alkyl halides is 3. The van der Waals surface area contributed by atoms with Crippen molar-refractivity contribution in [2.45, 2.75) is 32.5 Å². The molecule has 0 aromatic carbocycles. The summed E-state index contributed by atoms with van der Waals surface area (Å²) < 4.78 is 39.4. The number of ether oxygens (including phenoxy) is 1. The SMILES string of the molecule is CC(C)NC(=O)CCNCCOCC(F)(F)F. The summed E-state index contributed by atoms with van der Waals surface area (Å²) in [4.78, 5) is 11.1. The zero-order chi connectivity index (χ0) is 13.3. The highest BCUT2D eigenvalue weighted by Crippen LogP contribution is 2.13. The third kappa shape index (κ3) is 13.1. The average Bonchev–Trinajstić information content (AvgIpc) is 2.13. The topological polar surface area (TPSA) is 50.4 Å². The van der Waals surface area contributed by atoms with E-state index in [4.69, 9.17) is 0 Å². The van der Waals surface area contributed by atoms with E-state index in [1.54, 1.807) is 0 Å². The van der Waals surface area contributed by atoms with E-state index >= 15 is 0 Å². The molecular weight excluding hydrogens is 237 g/mol. The van der Waals surface area contributed by atoms with Gasteiger partial charge in [-0.05, 0) is 13.8 Å². The van der Waals surface area contributed by atoms with Gasteiger partial charge in [-0.25, -0.2) is 0 Å². The summed E-state index contributed by atoms with van der Waals surface area (Å²) in [5.41, 5.74) is 0. The van der Waals surface area contributed by atoms with Gasteiger partial charge >= 0.3 is 6.18 Å². The molecule has 0 aromatic rings. The van der Waals surface area contributed by atoms with Crippen LogP contribution >= 0.6 is 0 Å². The molecule has 0 aliphatic carbocycles. The summed E-state index contributed by atoms with van der Waals surface area (Å²) >= 11 is 0. The fourth-order valence-corrected chi connectivity index (χ4v) is 1.05.